The second kappa shape index (κ2) is 10.1. The molecule has 0 spiro atoms. The number of carboxylic acids is 1. The largest absolute Gasteiger partial charge is 0.479 e. The van der Waals surface area contributed by atoms with Crippen molar-refractivity contribution in [1.82, 2.24) is 15.1 Å². The number of nitrogens with one attached hydrogen (secondary N) is 1. The average Bonchev–Trinajstić information content (AvgIpc) is 3.42. The summed E-state index contributed by atoms with van der Waals surface area (Å²) in [5.74, 6) is -1.57. The number of nitrogens with zero attached hydrogens (tertiary/aromatic N) is 2. The van der Waals surface area contributed by atoms with E-state index in [2.05, 4.69) is 17.4 Å². The van der Waals surface area contributed by atoms with Crippen molar-refractivity contribution in [1.29, 1.82) is 0 Å². The fourth-order valence-electron chi connectivity index (χ4n) is 4.95. The molecule has 2 aliphatic rings. The van der Waals surface area contributed by atoms with Crippen molar-refractivity contribution < 1.29 is 29.0 Å². The number of likely N-dealkylation sites (tertiary alicyclic amines) is 1. The number of alkyl carbamates (subject to hydrolysis) is 1. The van der Waals surface area contributed by atoms with Crippen LogP contribution < -0.4 is 5.32 Å². The number of carbonyl (C=O) groups is 3. The third kappa shape index (κ3) is 4.87. The Bertz CT molecular complexity index is 1070. The summed E-state index contributed by atoms with van der Waals surface area (Å²) in [4.78, 5) is 40.9. The van der Waals surface area contributed by atoms with Crippen molar-refractivity contribution in [2.24, 2.45) is 0 Å². The van der Waals surface area contributed by atoms with Gasteiger partial charge in [0.1, 0.15) is 12.6 Å². The minimum atomic E-state index is -1.43. The van der Waals surface area contributed by atoms with Crippen LogP contribution in [0.4, 0.5) is 4.79 Å². The lowest BCUT2D eigenvalue weighted by Gasteiger charge is -2.28. The molecule has 186 valence electrons. The molecule has 1 aliphatic heterocycles. The third-order valence-corrected chi connectivity index (χ3v) is 6.81. The van der Waals surface area contributed by atoms with Gasteiger partial charge >= 0.3 is 12.1 Å². The SMILES string of the molecule is COC1(C(=O)O)CCN(C(=O)C(CN(C)C)NC(=O)OCC2c3ccccc3-c3ccccc32)C1. The first-order valence-electron chi connectivity index (χ1n) is 11.6. The van der Waals surface area contributed by atoms with Crippen molar-refractivity contribution >= 4 is 18.0 Å². The van der Waals surface area contributed by atoms with E-state index >= 15 is 0 Å². The van der Waals surface area contributed by atoms with Crippen LogP contribution in [0.3, 0.4) is 0 Å². The Hall–Kier alpha value is -3.43. The van der Waals surface area contributed by atoms with Gasteiger partial charge in [-0.15, -0.1) is 0 Å². The van der Waals surface area contributed by atoms with Gasteiger partial charge in [-0.25, -0.2) is 9.59 Å². The molecule has 0 bridgehead atoms. The highest BCUT2D eigenvalue weighted by molar-refractivity contribution is 5.88. The minimum absolute atomic E-state index is 0.0754. The average molecular weight is 482 g/mol. The van der Waals surface area contributed by atoms with E-state index in [0.717, 1.165) is 22.3 Å². The molecule has 9 heteroatoms. The highest BCUT2D eigenvalue weighted by Crippen LogP contribution is 2.44. The van der Waals surface area contributed by atoms with Crippen LogP contribution in [0.15, 0.2) is 48.5 Å². The number of fused-ring (bicyclic) bond motifs is 3. The van der Waals surface area contributed by atoms with Crippen molar-refractivity contribution in [2.75, 3.05) is 47.4 Å². The Morgan fingerprint density at radius 3 is 2.23 bits per heavy atom. The van der Waals surface area contributed by atoms with Crippen LogP contribution in [0.1, 0.15) is 23.5 Å². The molecule has 2 aromatic carbocycles. The number of hydrogen-bond donors (Lipinski definition) is 2. The van der Waals surface area contributed by atoms with E-state index in [1.807, 2.05) is 36.4 Å². The first-order chi connectivity index (χ1) is 16.8. The summed E-state index contributed by atoms with van der Waals surface area (Å²) in [7, 11) is 4.91. The topological polar surface area (TPSA) is 108 Å². The van der Waals surface area contributed by atoms with E-state index in [-0.39, 0.29) is 44.5 Å². The fraction of sp³-hybridized carbons (Fsp3) is 0.423. The normalized spacial score (nSPS) is 19.8. The van der Waals surface area contributed by atoms with Crippen LogP contribution in [0, 0.1) is 0 Å². The zero-order chi connectivity index (χ0) is 25.2. The number of methoxy groups -OCH3 is 1. The van der Waals surface area contributed by atoms with Crippen LogP contribution in [0.25, 0.3) is 11.1 Å². The number of aliphatic carboxylic acids is 1. The van der Waals surface area contributed by atoms with Crippen molar-refractivity contribution in [3.05, 3.63) is 59.7 Å². The molecule has 2 amide bonds. The van der Waals surface area contributed by atoms with E-state index in [1.165, 1.54) is 12.0 Å². The monoisotopic (exact) mass is 481 g/mol. The molecule has 35 heavy (non-hydrogen) atoms. The van der Waals surface area contributed by atoms with Gasteiger partial charge in [0.25, 0.3) is 0 Å². The van der Waals surface area contributed by atoms with Gasteiger partial charge in [0.2, 0.25) is 5.91 Å². The number of rotatable bonds is 8. The minimum Gasteiger partial charge on any atom is -0.479 e. The summed E-state index contributed by atoms with van der Waals surface area (Å²) in [6, 6.07) is 15.2. The van der Waals surface area contributed by atoms with Crippen LogP contribution in [-0.2, 0) is 19.1 Å². The molecule has 1 fully saturated rings. The van der Waals surface area contributed by atoms with Gasteiger partial charge in [0.15, 0.2) is 5.60 Å². The molecule has 4 rings (SSSR count). The molecule has 2 unspecified atom stereocenters. The lowest BCUT2D eigenvalue weighted by Crippen LogP contribution is -2.54. The smallest absolute Gasteiger partial charge is 0.407 e. The number of hydrogen-bond acceptors (Lipinski definition) is 6. The molecule has 0 radical (unpaired) electrons. The molecule has 2 atom stereocenters. The lowest BCUT2D eigenvalue weighted by molar-refractivity contribution is -0.161. The number of ether oxygens (including phenoxy) is 2. The van der Waals surface area contributed by atoms with Crippen molar-refractivity contribution in [2.45, 2.75) is 24.0 Å². The second-order valence-corrected chi connectivity index (χ2v) is 9.30. The van der Waals surface area contributed by atoms with Gasteiger partial charge in [0.05, 0.1) is 6.54 Å². The lowest BCUT2D eigenvalue weighted by atomic mass is 9.98. The Labute approximate surface area is 204 Å². The number of carboxylic acid groups (broad SMARTS) is 1. The third-order valence-electron chi connectivity index (χ3n) is 6.81. The first kappa shape index (κ1) is 24.7. The molecule has 1 heterocycles. The highest BCUT2D eigenvalue weighted by Gasteiger charge is 2.47. The summed E-state index contributed by atoms with van der Waals surface area (Å²) in [6.07, 6.45) is -0.507. The van der Waals surface area contributed by atoms with E-state index < -0.39 is 23.7 Å². The number of amides is 2. The van der Waals surface area contributed by atoms with Crippen LogP contribution in [0.5, 0.6) is 0 Å². The van der Waals surface area contributed by atoms with Gasteiger partial charge in [-0.1, -0.05) is 48.5 Å². The number of carbonyl (C=O) groups excluding carboxylic acids is 2. The predicted octanol–water partition coefficient (Wildman–Crippen LogP) is 2.16. The molecular weight excluding hydrogens is 450 g/mol. The van der Waals surface area contributed by atoms with E-state index in [0.29, 0.717) is 0 Å². The van der Waals surface area contributed by atoms with Gasteiger partial charge in [-0.3, -0.25) is 4.79 Å². The number of likely N-dealkylation sites (N-methyl/N-ethyl adjacent to an activating group) is 1. The van der Waals surface area contributed by atoms with E-state index in [4.69, 9.17) is 9.47 Å². The summed E-state index contributed by atoms with van der Waals surface area (Å²) in [6.45, 7) is 0.536. The molecular formula is C26H31N3O6. The summed E-state index contributed by atoms with van der Waals surface area (Å²) < 4.78 is 10.8. The Morgan fingerprint density at radius 2 is 1.71 bits per heavy atom. The maximum Gasteiger partial charge on any atom is 0.407 e. The Balaban J connectivity index is 1.43. The zero-order valence-electron chi connectivity index (χ0n) is 20.2. The molecule has 1 saturated heterocycles. The van der Waals surface area contributed by atoms with E-state index in [1.54, 1.807) is 19.0 Å². The van der Waals surface area contributed by atoms with Gasteiger partial charge < -0.3 is 29.7 Å². The van der Waals surface area contributed by atoms with Crippen molar-refractivity contribution in [3.8, 4) is 11.1 Å². The molecule has 2 N–H and O–H groups in total. The fourth-order valence-corrected chi connectivity index (χ4v) is 4.95. The molecule has 1 aliphatic carbocycles. The van der Waals surface area contributed by atoms with Crippen LogP contribution in [0.2, 0.25) is 0 Å². The molecule has 0 aromatic heterocycles. The standard InChI is InChI=1S/C26H31N3O6/c1-28(2)14-22(23(30)29-13-12-26(16-29,34-3)24(31)32)27-25(33)35-15-21-19-10-6-4-8-17(19)18-9-5-7-11-20(18)21/h4-11,21-22H,12-16H2,1-3H3,(H,27,33)(H,31,32). The van der Waals surface area contributed by atoms with Crippen LogP contribution >= 0.6 is 0 Å². The maximum atomic E-state index is 13.2. The molecule has 0 saturated carbocycles. The second-order valence-electron chi connectivity index (χ2n) is 9.30. The zero-order valence-corrected chi connectivity index (χ0v) is 20.2. The maximum absolute atomic E-state index is 13.2. The van der Waals surface area contributed by atoms with Crippen LogP contribution in [-0.4, -0.2) is 92.0 Å². The molecule has 9 nitrogen and oxygen atoms in total. The van der Waals surface area contributed by atoms with Gasteiger partial charge in [-0.05, 0) is 36.3 Å². The highest BCUT2D eigenvalue weighted by atomic mass is 16.5. The van der Waals surface area contributed by atoms with Crippen molar-refractivity contribution in [3.63, 3.8) is 0 Å². The summed E-state index contributed by atoms with van der Waals surface area (Å²) >= 11 is 0. The van der Waals surface area contributed by atoms with E-state index in [9.17, 15) is 19.5 Å². The van der Waals surface area contributed by atoms with Gasteiger partial charge in [-0.2, -0.15) is 0 Å². The quantitative estimate of drug-likeness (QED) is 0.595. The summed E-state index contributed by atoms with van der Waals surface area (Å²) in [5, 5.41) is 12.2. The van der Waals surface area contributed by atoms with Gasteiger partial charge in [0, 0.05) is 32.5 Å². The Morgan fingerprint density at radius 1 is 1.11 bits per heavy atom. The Kier molecular flexibility index (Phi) is 7.09. The summed E-state index contributed by atoms with van der Waals surface area (Å²) in [5.41, 5.74) is 3.04. The number of benzene rings is 2. The predicted molar refractivity (Wildman–Crippen MR) is 129 cm³/mol. The molecule has 2 aromatic rings. The first-order valence-corrected chi connectivity index (χ1v) is 11.6.